The molecule has 0 aliphatic carbocycles. The van der Waals surface area contributed by atoms with Crippen LogP contribution in [0.15, 0.2) is 0 Å². The molecule has 0 spiro atoms. The third-order valence-electron chi connectivity index (χ3n) is 0. The summed E-state index contributed by atoms with van der Waals surface area (Å²) in [4.78, 5) is 53.3. The van der Waals surface area contributed by atoms with E-state index in [1.54, 1.807) is 0 Å². The van der Waals surface area contributed by atoms with E-state index in [4.69, 9.17) is 59.4 Å². The van der Waals surface area contributed by atoms with E-state index in [9.17, 15) is 0 Å². The van der Waals surface area contributed by atoms with Gasteiger partial charge in [-0.3, -0.25) is 0 Å². The SMILES string of the molecule is CC(=O)[O-].CC(=O)[O-].CC(=O)[O-].CC(=O)[O-].CC(=O)[O-].CC(=O)[O-].[Yb+3].[Yb+3]. The van der Waals surface area contributed by atoms with Crippen LogP contribution in [0, 0.1) is 93.8 Å². The average Bonchev–Trinajstić information content (AvgIpc) is 2.08. The van der Waals surface area contributed by atoms with Gasteiger partial charge in [0.2, 0.25) is 0 Å². The fraction of sp³-hybridized carbons (Fsp3) is 0.500. The Morgan fingerprint density at radius 1 is 0.346 bits per heavy atom. The Morgan fingerprint density at radius 2 is 0.346 bits per heavy atom. The predicted octanol–water partition coefficient (Wildman–Crippen LogP) is -7.46. The summed E-state index contributed by atoms with van der Waals surface area (Å²) < 4.78 is 0. The molecule has 0 unspecified atom stereocenters. The maximum Gasteiger partial charge on any atom is 3.00 e. The molecule has 166 valence electrons. The molecule has 0 aliphatic heterocycles. The zero-order valence-electron chi connectivity index (χ0n) is 14.4. The fourth-order valence-corrected chi connectivity index (χ4v) is 0. The summed E-state index contributed by atoms with van der Waals surface area (Å²) in [5, 5.41) is 53.3. The number of carbonyl (C=O) groups is 6. The van der Waals surface area contributed by atoms with Crippen molar-refractivity contribution >= 4 is 35.8 Å². The number of carboxylic acids is 6. The van der Waals surface area contributed by atoms with Gasteiger partial charge < -0.3 is 59.4 Å². The van der Waals surface area contributed by atoms with Crippen molar-refractivity contribution in [3.05, 3.63) is 0 Å². The molecule has 12 nitrogen and oxygen atoms in total. The van der Waals surface area contributed by atoms with E-state index in [-0.39, 0.29) is 93.8 Å². The van der Waals surface area contributed by atoms with Crippen molar-refractivity contribution in [1.29, 1.82) is 0 Å². The summed E-state index contributed by atoms with van der Waals surface area (Å²) in [6.07, 6.45) is 0. The minimum absolute atomic E-state index is 0. The van der Waals surface area contributed by atoms with Crippen LogP contribution >= 0.6 is 0 Å². The molecule has 0 N–H and O–H groups in total. The van der Waals surface area contributed by atoms with Crippen LogP contribution in [-0.4, -0.2) is 35.8 Å². The van der Waals surface area contributed by atoms with E-state index in [0.717, 1.165) is 41.5 Å². The van der Waals surface area contributed by atoms with E-state index in [2.05, 4.69) is 0 Å². The van der Waals surface area contributed by atoms with Crippen LogP contribution in [-0.2, 0) is 28.8 Å². The quantitative estimate of drug-likeness (QED) is 0.229. The van der Waals surface area contributed by atoms with Crippen LogP contribution in [0.5, 0.6) is 0 Å². The summed E-state index contributed by atoms with van der Waals surface area (Å²) in [6, 6.07) is 0. The molecule has 0 saturated carbocycles. The number of carboxylic acid groups (broad SMARTS) is 6. The molecule has 14 heteroatoms. The maximum atomic E-state index is 8.89. The second-order valence-corrected chi connectivity index (χ2v) is 2.95. The molecule has 0 fully saturated rings. The zero-order valence-corrected chi connectivity index (χ0v) is 17.9. The first-order valence-corrected chi connectivity index (χ1v) is 5.45. The van der Waals surface area contributed by atoms with E-state index < -0.39 is 35.8 Å². The van der Waals surface area contributed by atoms with Crippen molar-refractivity contribution in [3.8, 4) is 0 Å². The maximum absolute atomic E-state index is 8.89. The van der Waals surface area contributed by atoms with Gasteiger partial charge in [0.25, 0.3) is 0 Å². The molecular formula is C12H18O12Yb2. The molecule has 0 bridgehead atoms. The largest absolute Gasteiger partial charge is 3.00 e. The van der Waals surface area contributed by atoms with Crippen molar-refractivity contribution in [2.24, 2.45) is 0 Å². The van der Waals surface area contributed by atoms with E-state index in [1.165, 1.54) is 0 Å². The normalized spacial score (nSPS) is 5.77. The molecular weight excluding hydrogens is 682 g/mol. The first kappa shape index (κ1) is 50.1. The van der Waals surface area contributed by atoms with E-state index in [1.807, 2.05) is 0 Å². The Balaban J connectivity index is -0.0000000245. The molecule has 0 aromatic carbocycles. The summed E-state index contributed by atoms with van der Waals surface area (Å²) in [5.74, 6) is -6.50. The van der Waals surface area contributed by atoms with Crippen LogP contribution in [0.2, 0.25) is 0 Å². The first-order chi connectivity index (χ1) is 10.4. The van der Waals surface area contributed by atoms with Crippen molar-refractivity contribution in [3.63, 3.8) is 0 Å². The minimum atomic E-state index is -1.08. The summed E-state index contributed by atoms with van der Waals surface area (Å²) in [7, 11) is 0. The number of aliphatic carboxylic acids is 6. The van der Waals surface area contributed by atoms with Gasteiger partial charge in [-0.25, -0.2) is 0 Å². The van der Waals surface area contributed by atoms with Crippen LogP contribution in [0.3, 0.4) is 0 Å². The van der Waals surface area contributed by atoms with Crippen LogP contribution < -0.4 is 30.6 Å². The van der Waals surface area contributed by atoms with Gasteiger partial charge in [-0.15, -0.1) is 0 Å². The van der Waals surface area contributed by atoms with Crippen molar-refractivity contribution in [1.82, 2.24) is 0 Å². The molecule has 2 radical (unpaired) electrons. The smallest absolute Gasteiger partial charge is 0.550 e. The molecule has 0 aromatic rings. The molecule has 0 rings (SSSR count). The number of hydrogen-bond acceptors (Lipinski definition) is 12. The first-order valence-electron chi connectivity index (χ1n) is 5.45. The molecule has 0 aliphatic rings. The molecule has 0 atom stereocenters. The Morgan fingerprint density at radius 3 is 0.346 bits per heavy atom. The van der Waals surface area contributed by atoms with Gasteiger partial charge in [-0.1, -0.05) is 0 Å². The molecule has 26 heavy (non-hydrogen) atoms. The minimum Gasteiger partial charge on any atom is -0.550 e. The molecule has 0 amide bonds. The topological polar surface area (TPSA) is 241 Å². The molecule has 0 aromatic heterocycles. The Kier molecular flexibility index (Phi) is 85.5. The summed E-state index contributed by atoms with van der Waals surface area (Å²) in [5.41, 5.74) is 0. The average molecular weight is 700 g/mol. The van der Waals surface area contributed by atoms with Gasteiger partial charge in [-0.05, 0) is 41.5 Å². The van der Waals surface area contributed by atoms with Gasteiger partial charge in [0.1, 0.15) is 0 Å². The Hall–Kier alpha value is -0.141. The second-order valence-electron chi connectivity index (χ2n) is 2.95. The zero-order chi connectivity index (χ0) is 21.5. The van der Waals surface area contributed by atoms with Crippen LogP contribution in [0.1, 0.15) is 41.5 Å². The second kappa shape index (κ2) is 44.4. The van der Waals surface area contributed by atoms with Crippen LogP contribution in [0.4, 0.5) is 0 Å². The van der Waals surface area contributed by atoms with Gasteiger partial charge in [0, 0.05) is 35.8 Å². The van der Waals surface area contributed by atoms with Crippen molar-refractivity contribution in [2.75, 3.05) is 0 Å². The monoisotopic (exact) mass is 702 g/mol. The third kappa shape index (κ3) is 627000. The van der Waals surface area contributed by atoms with Gasteiger partial charge in [0.05, 0.1) is 0 Å². The van der Waals surface area contributed by atoms with Gasteiger partial charge in [-0.2, -0.15) is 0 Å². The van der Waals surface area contributed by atoms with Crippen molar-refractivity contribution in [2.45, 2.75) is 41.5 Å². The number of rotatable bonds is 0. The Labute approximate surface area is 227 Å². The van der Waals surface area contributed by atoms with E-state index >= 15 is 0 Å². The third-order valence-corrected chi connectivity index (χ3v) is 0. The number of carbonyl (C=O) groups excluding carboxylic acids is 6. The molecule has 0 heterocycles. The number of hydrogen-bond donors (Lipinski definition) is 0. The standard InChI is InChI=1S/6C2H4O2.2Yb/c6*1-2(3)4;;/h6*1H3,(H,3,4);;/q;;;;;;2*+3/p-6. The summed E-state index contributed by atoms with van der Waals surface area (Å²) in [6.45, 7) is 5.83. The Bertz CT molecular complexity index is 265. The van der Waals surface area contributed by atoms with Crippen molar-refractivity contribution < 1.29 is 153 Å². The molecule has 0 saturated heterocycles. The predicted molar refractivity (Wildman–Crippen MR) is 64.1 cm³/mol. The summed E-state index contributed by atoms with van der Waals surface area (Å²) >= 11 is 0. The van der Waals surface area contributed by atoms with Crippen LogP contribution in [0.25, 0.3) is 0 Å². The van der Waals surface area contributed by atoms with Gasteiger partial charge >= 0.3 is 93.8 Å². The van der Waals surface area contributed by atoms with Gasteiger partial charge in [0.15, 0.2) is 0 Å². The fourth-order valence-electron chi connectivity index (χ4n) is 0. The van der Waals surface area contributed by atoms with E-state index in [0.29, 0.717) is 0 Å².